The number of anilines is 1. The van der Waals surface area contributed by atoms with Crippen molar-refractivity contribution in [3.8, 4) is 10.6 Å². The van der Waals surface area contributed by atoms with Crippen LogP contribution in [0, 0.1) is 0 Å². The minimum absolute atomic E-state index is 0.0517. The number of thiophene rings is 1. The van der Waals surface area contributed by atoms with Crippen LogP contribution in [0.1, 0.15) is 66.6 Å². The summed E-state index contributed by atoms with van der Waals surface area (Å²) in [6.45, 7) is 7.28. The molecule has 3 fully saturated rings. The second kappa shape index (κ2) is 10.2. The van der Waals surface area contributed by atoms with E-state index >= 15 is 0 Å². The highest BCUT2D eigenvalue weighted by atomic mass is 32.1. The summed E-state index contributed by atoms with van der Waals surface area (Å²) in [5.74, 6) is 1.04. The lowest BCUT2D eigenvalue weighted by molar-refractivity contribution is -0.118. The van der Waals surface area contributed by atoms with Gasteiger partial charge in [0.25, 0.3) is 0 Å². The molecule has 0 atom stereocenters. The van der Waals surface area contributed by atoms with Gasteiger partial charge in [0.15, 0.2) is 11.4 Å². The van der Waals surface area contributed by atoms with Crippen LogP contribution < -0.4 is 10.6 Å². The van der Waals surface area contributed by atoms with Gasteiger partial charge in [-0.3, -0.25) is 9.59 Å². The lowest BCUT2D eigenvalue weighted by atomic mass is 10.1. The number of carbonyl (C=O) groups is 2. The Morgan fingerprint density at radius 1 is 1.24 bits per heavy atom. The molecule has 0 unspecified atom stereocenters. The van der Waals surface area contributed by atoms with Crippen molar-refractivity contribution in [3.63, 3.8) is 0 Å². The molecule has 0 aromatic carbocycles. The van der Waals surface area contributed by atoms with E-state index < -0.39 is 0 Å². The van der Waals surface area contributed by atoms with E-state index in [-0.39, 0.29) is 11.7 Å². The van der Waals surface area contributed by atoms with E-state index in [1.54, 1.807) is 6.20 Å². The van der Waals surface area contributed by atoms with Crippen LogP contribution in [-0.4, -0.2) is 56.9 Å². The first-order valence-electron chi connectivity index (χ1n) is 13.2. The number of piperidine rings is 1. The Labute approximate surface area is 220 Å². The Hall–Kier alpha value is -3.30. The first-order valence-corrected chi connectivity index (χ1v) is 14.1. The van der Waals surface area contributed by atoms with Crippen molar-refractivity contribution >= 4 is 40.6 Å². The topological polar surface area (TPSA) is 91.6 Å². The van der Waals surface area contributed by atoms with Gasteiger partial charge in [0, 0.05) is 29.8 Å². The predicted octanol–water partition coefficient (Wildman–Crippen LogP) is 4.90. The summed E-state index contributed by atoms with van der Waals surface area (Å²) >= 11 is 1.51. The zero-order chi connectivity index (χ0) is 25.4. The molecule has 3 aromatic rings. The standard InChI is InChI=1S/C28H32N6O2S/c1-18-19(15-27(36)30-18)14-20-17-29-34-26(31-21-7-8-21)16-22(32-28(20)34)24-9-10-25(37-24)23(35)6-5-13-33-11-3-2-4-12-33/h9-10,14,16-17,21,31H,1-8,11-13,15H2,(H,30,36)/b19-14+. The van der Waals surface area contributed by atoms with Crippen molar-refractivity contribution in [2.75, 3.05) is 25.0 Å². The molecule has 9 heteroatoms. The molecule has 0 spiro atoms. The number of hydrogen-bond acceptors (Lipinski definition) is 7. The highest BCUT2D eigenvalue weighted by molar-refractivity contribution is 7.17. The molecule has 37 heavy (non-hydrogen) atoms. The summed E-state index contributed by atoms with van der Waals surface area (Å²) in [6, 6.07) is 6.40. The third-order valence-corrected chi connectivity index (χ3v) is 8.40. The molecular formula is C28H32N6O2S. The van der Waals surface area contributed by atoms with Crippen LogP contribution in [0.15, 0.2) is 42.2 Å². The summed E-state index contributed by atoms with van der Waals surface area (Å²) < 4.78 is 1.82. The fourth-order valence-electron chi connectivity index (χ4n) is 5.04. The quantitative estimate of drug-likeness (QED) is 0.393. The second-order valence-electron chi connectivity index (χ2n) is 10.2. The third kappa shape index (κ3) is 5.38. The molecule has 1 amide bonds. The summed E-state index contributed by atoms with van der Waals surface area (Å²) in [5, 5.41) is 10.9. The maximum atomic E-state index is 12.9. The number of rotatable bonds is 9. The Kier molecular flexibility index (Phi) is 6.65. The molecule has 0 radical (unpaired) electrons. The minimum atomic E-state index is -0.0517. The third-order valence-electron chi connectivity index (χ3n) is 7.25. The van der Waals surface area contributed by atoms with Gasteiger partial charge in [0.2, 0.25) is 5.91 Å². The second-order valence-corrected chi connectivity index (χ2v) is 11.3. The van der Waals surface area contributed by atoms with E-state index in [9.17, 15) is 9.59 Å². The predicted molar refractivity (Wildman–Crippen MR) is 147 cm³/mol. The van der Waals surface area contributed by atoms with E-state index in [1.807, 2.05) is 28.8 Å². The number of allylic oxidation sites excluding steroid dienone is 1. The summed E-state index contributed by atoms with van der Waals surface area (Å²) in [4.78, 5) is 33.9. The number of hydrogen-bond donors (Lipinski definition) is 2. The van der Waals surface area contributed by atoms with Gasteiger partial charge in [-0.25, -0.2) is 4.98 Å². The van der Waals surface area contributed by atoms with Crippen LogP contribution in [0.3, 0.4) is 0 Å². The van der Waals surface area contributed by atoms with Crippen LogP contribution in [0.25, 0.3) is 22.3 Å². The van der Waals surface area contributed by atoms with E-state index in [2.05, 4.69) is 27.2 Å². The molecule has 6 rings (SSSR count). The van der Waals surface area contributed by atoms with E-state index in [1.165, 1.54) is 30.6 Å². The lowest BCUT2D eigenvalue weighted by Gasteiger charge is -2.26. The lowest BCUT2D eigenvalue weighted by Crippen LogP contribution is -2.30. The molecule has 5 heterocycles. The molecule has 192 valence electrons. The van der Waals surface area contributed by atoms with Crippen LogP contribution in [0.2, 0.25) is 0 Å². The molecule has 1 saturated carbocycles. The Morgan fingerprint density at radius 3 is 2.84 bits per heavy atom. The van der Waals surface area contributed by atoms with Crippen molar-refractivity contribution in [1.29, 1.82) is 0 Å². The van der Waals surface area contributed by atoms with E-state index in [4.69, 9.17) is 4.98 Å². The van der Waals surface area contributed by atoms with Gasteiger partial charge in [-0.2, -0.15) is 9.61 Å². The van der Waals surface area contributed by atoms with E-state index in [0.717, 1.165) is 71.3 Å². The van der Waals surface area contributed by atoms with Crippen LogP contribution in [0.4, 0.5) is 5.82 Å². The number of nitrogens with zero attached hydrogens (tertiary/aromatic N) is 4. The van der Waals surface area contributed by atoms with Gasteiger partial charge in [-0.05, 0) is 75.5 Å². The SMILES string of the molecule is C=C1NC(=O)C/C1=C\c1cnn2c(NC3CC3)cc(-c3ccc(C(=O)CCCN4CCCCC4)s3)nc12. The summed E-state index contributed by atoms with van der Waals surface area (Å²) in [5.41, 5.74) is 3.82. The Balaban J connectivity index is 1.25. The molecule has 2 aliphatic heterocycles. The van der Waals surface area contributed by atoms with E-state index in [0.29, 0.717) is 30.2 Å². The Bertz CT molecular complexity index is 1390. The number of Topliss-reactive ketones (excluding diaryl/α,β-unsaturated/α-hetero) is 1. The Morgan fingerprint density at radius 2 is 2.08 bits per heavy atom. The highest BCUT2D eigenvalue weighted by Gasteiger charge is 2.24. The molecule has 0 bridgehead atoms. The average Bonchev–Trinajstić information content (AvgIpc) is 3.26. The number of nitrogens with one attached hydrogen (secondary N) is 2. The first-order chi connectivity index (χ1) is 18.0. The monoisotopic (exact) mass is 516 g/mol. The van der Waals surface area contributed by atoms with Gasteiger partial charge in [-0.15, -0.1) is 11.3 Å². The zero-order valence-electron chi connectivity index (χ0n) is 21.0. The van der Waals surface area contributed by atoms with Gasteiger partial charge in [-0.1, -0.05) is 13.0 Å². The van der Waals surface area contributed by atoms with Crippen molar-refractivity contribution < 1.29 is 9.59 Å². The number of aromatic nitrogens is 3. The molecule has 2 N–H and O–H groups in total. The molecule has 8 nitrogen and oxygen atoms in total. The number of fused-ring (bicyclic) bond motifs is 1. The van der Waals surface area contributed by atoms with Gasteiger partial charge < -0.3 is 15.5 Å². The van der Waals surface area contributed by atoms with Crippen LogP contribution in [0.5, 0.6) is 0 Å². The smallest absolute Gasteiger partial charge is 0.228 e. The van der Waals surface area contributed by atoms with Crippen molar-refractivity contribution in [2.45, 2.75) is 57.4 Å². The summed E-state index contributed by atoms with van der Waals surface area (Å²) in [6.07, 6.45) is 11.7. The van der Waals surface area contributed by atoms with Crippen molar-refractivity contribution in [3.05, 3.63) is 52.7 Å². The maximum Gasteiger partial charge on any atom is 0.228 e. The molecule has 3 aromatic heterocycles. The van der Waals surface area contributed by atoms with Gasteiger partial charge >= 0.3 is 0 Å². The zero-order valence-corrected chi connectivity index (χ0v) is 21.8. The van der Waals surface area contributed by atoms with Crippen molar-refractivity contribution in [1.82, 2.24) is 24.8 Å². The fourth-order valence-corrected chi connectivity index (χ4v) is 5.97. The number of ketones is 1. The first kappa shape index (κ1) is 24.1. The molecule has 1 aliphatic carbocycles. The van der Waals surface area contributed by atoms with Crippen LogP contribution in [-0.2, 0) is 4.79 Å². The molecule has 2 saturated heterocycles. The molecule has 3 aliphatic rings. The largest absolute Gasteiger partial charge is 0.367 e. The normalized spacial score (nSPS) is 19.6. The number of amides is 1. The average molecular weight is 517 g/mol. The van der Waals surface area contributed by atoms with Gasteiger partial charge in [0.05, 0.1) is 28.1 Å². The highest BCUT2D eigenvalue weighted by Crippen LogP contribution is 2.33. The fraction of sp³-hybridized carbons (Fsp3) is 0.429. The minimum Gasteiger partial charge on any atom is -0.367 e. The number of likely N-dealkylation sites (tertiary alicyclic amines) is 1. The molecular weight excluding hydrogens is 484 g/mol. The summed E-state index contributed by atoms with van der Waals surface area (Å²) in [7, 11) is 0. The van der Waals surface area contributed by atoms with Crippen molar-refractivity contribution in [2.24, 2.45) is 0 Å². The van der Waals surface area contributed by atoms with Crippen LogP contribution >= 0.6 is 11.3 Å². The maximum absolute atomic E-state index is 12.9. The van der Waals surface area contributed by atoms with Gasteiger partial charge in [0.1, 0.15) is 5.82 Å². The number of carbonyl (C=O) groups excluding carboxylic acids is 2.